The monoisotopic (exact) mass is 439 g/mol. The van der Waals surface area contributed by atoms with Crippen LogP contribution in [0, 0.1) is 0 Å². The second-order valence-electron chi connectivity index (χ2n) is 7.82. The summed E-state index contributed by atoms with van der Waals surface area (Å²) in [6.45, 7) is 2.68. The molecule has 0 heterocycles. The van der Waals surface area contributed by atoms with Crippen LogP contribution in [0.1, 0.15) is 77.6 Å². The minimum Gasteiger partial charge on any atom is -0.389 e. The molecule has 1 aliphatic rings. The van der Waals surface area contributed by atoms with Gasteiger partial charge in [0.1, 0.15) is 0 Å². The molecular formula is C24H38ClNO4. The zero-order chi connectivity index (χ0) is 22.2. The van der Waals surface area contributed by atoms with Crippen molar-refractivity contribution in [1.82, 2.24) is 5.32 Å². The van der Waals surface area contributed by atoms with E-state index < -0.39 is 6.10 Å². The Morgan fingerprint density at radius 3 is 2.77 bits per heavy atom. The molecule has 0 radical (unpaired) electrons. The Balaban J connectivity index is 2.26. The number of hydrogen-bond donors (Lipinski definition) is 2. The molecule has 0 saturated heterocycles. The molecule has 170 valence electrons. The predicted molar refractivity (Wildman–Crippen MR) is 122 cm³/mol. The maximum atomic E-state index is 12.1. The molecule has 0 fully saturated rings. The third-order valence-electron chi connectivity index (χ3n) is 5.37. The van der Waals surface area contributed by atoms with Crippen LogP contribution in [0.3, 0.4) is 0 Å². The normalized spacial score (nSPS) is 18.5. The van der Waals surface area contributed by atoms with E-state index in [0.29, 0.717) is 37.0 Å². The van der Waals surface area contributed by atoms with Crippen LogP contribution in [0.5, 0.6) is 0 Å². The number of ether oxygens (including phenoxy) is 1. The van der Waals surface area contributed by atoms with E-state index in [1.165, 1.54) is 43.7 Å². The third-order valence-corrected chi connectivity index (χ3v) is 5.63. The fraction of sp³-hybridized carbons (Fsp3) is 0.667. The molecule has 2 unspecified atom stereocenters. The highest BCUT2D eigenvalue weighted by Gasteiger charge is 2.22. The number of unbranched alkanes of at least 4 members (excludes halogenated alkanes) is 4. The van der Waals surface area contributed by atoms with Gasteiger partial charge in [0.15, 0.2) is 5.78 Å². The SMILES string of the molecule is CCCCCCCC(CC=CCNC(=O)CCC(=CCl)C1=CC(O)CCC1=O)OC. The predicted octanol–water partition coefficient (Wildman–Crippen LogP) is 4.98. The first-order valence-corrected chi connectivity index (χ1v) is 11.6. The lowest BCUT2D eigenvalue weighted by molar-refractivity contribution is -0.121. The number of allylic oxidation sites excluding steroid dienone is 2. The van der Waals surface area contributed by atoms with Gasteiger partial charge in [-0.2, -0.15) is 0 Å². The molecule has 0 aliphatic heterocycles. The first-order chi connectivity index (χ1) is 14.5. The topological polar surface area (TPSA) is 75.6 Å². The average Bonchev–Trinajstić information content (AvgIpc) is 2.74. The number of nitrogens with one attached hydrogen (secondary N) is 1. The lowest BCUT2D eigenvalue weighted by Gasteiger charge is -2.18. The van der Waals surface area contributed by atoms with Crippen LogP contribution in [0.2, 0.25) is 0 Å². The number of hydrogen-bond acceptors (Lipinski definition) is 4. The summed E-state index contributed by atoms with van der Waals surface area (Å²) in [5.74, 6) is -0.132. The van der Waals surface area contributed by atoms with E-state index in [1.54, 1.807) is 7.11 Å². The van der Waals surface area contributed by atoms with Crippen molar-refractivity contribution in [2.75, 3.05) is 13.7 Å². The maximum absolute atomic E-state index is 12.1. The van der Waals surface area contributed by atoms with E-state index in [-0.39, 0.29) is 24.2 Å². The summed E-state index contributed by atoms with van der Waals surface area (Å²) >= 11 is 5.86. The summed E-state index contributed by atoms with van der Waals surface area (Å²) in [6, 6.07) is 0. The van der Waals surface area contributed by atoms with E-state index in [9.17, 15) is 14.7 Å². The van der Waals surface area contributed by atoms with Gasteiger partial charge in [-0.15, -0.1) is 0 Å². The van der Waals surface area contributed by atoms with Crippen LogP contribution in [-0.2, 0) is 14.3 Å². The molecular weight excluding hydrogens is 402 g/mol. The highest BCUT2D eigenvalue weighted by Crippen LogP contribution is 2.25. The first kappa shape index (κ1) is 26.6. The molecule has 5 nitrogen and oxygen atoms in total. The molecule has 1 rings (SSSR count). The van der Waals surface area contributed by atoms with Gasteiger partial charge in [-0.25, -0.2) is 0 Å². The van der Waals surface area contributed by atoms with Gasteiger partial charge in [-0.05, 0) is 37.3 Å². The number of amides is 1. The summed E-state index contributed by atoms with van der Waals surface area (Å²) in [5, 5.41) is 12.6. The van der Waals surface area contributed by atoms with Crippen LogP contribution < -0.4 is 5.32 Å². The Labute approximate surface area is 186 Å². The van der Waals surface area contributed by atoms with Crippen molar-refractivity contribution in [1.29, 1.82) is 0 Å². The summed E-state index contributed by atoms with van der Waals surface area (Å²) in [4.78, 5) is 24.1. The summed E-state index contributed by atoms with van der Waals surface area (Å²) < 4.78 is 5.53. The van der Waals surface area contributed by atoms with Gasteiger partial charge in [0.2, 0.25) is 5.91 Å². The molecule has 0 spiro atoms. The molecule has 30 heavy (non-hydrogen) atoms. The Morgan fingerprint density at radius 1 is 1.30 bits per heavy atom. The summed E-state index contributed by atoms with van der Waals surface area (Å²) in [6.07, 6.45) is 14.7. The Morgan fingerprint density at radius 2 is 2.07 bits per heavy atom. The lowest BCUT2D eigenvalue weighted by atomic mass is 9.89. The number of aliphatic hydroxyl groups is 1. The van der Waals surface area contributed by atoms with Gasteiger partial charge in [0, 0.05) is 37.6 Å². The molecule has 1 amide bonds. The minimum absolute atomic E-state index is 0.0337. The maximum Gasteiger partial charge on any atom is 0.220 e. The van der Waals surface area contributed by atoms with Crippen LogP contribution >= 0.6 is 11.6 Å². The second-order valence-corrected chi connectivity index (χ2v) is 8.03. The zero-order valence-electron chi connectivity index (χ0n) is 18.5. The number of Topliss-reactive ketones (excluding diaryl/α,β-unsaturated/α-hetero) is 1. The number of methoxy groups -OCH3 is 1. The summed E-state index contributed by atoms with van der Waals surface area (Å²) in [7, 11) is 1.75. The quantitative estimate of drug-likeness (QED) is 0.279. The number of aliphatic hydroxyl groups excluding tert-OH is 1. The van der Waals surface area contributed by atoms with Gasteiger partial charge >= 0.3 is 0 Å². The number of carbonyl (C=O) groups is 2. The van der Waals surface area contributed by atoms with Crippen LogP contribution in [0.15, 0.2) is 34.9 Å². The first-order valence-electron chi connectivity index (χ1n) is 11.2. The van der Waals surface area contributed by atoms with Gasteiger partial charge in [-0.3, -0.25) is 9.59 Å². The minimum atomic E-state index is -0.629. The number of carbonyl (C=O) groups excluding carboxylic acids is 2. The van der Waals surface area contributed by atoms with Gasteiger partial charge in [0.25, 0.3) is 0 Å². The largest absolute Gasteiger partial charge is 0.389 e. The molecule has 6 heteroatoms. The Kier molecular flexibility index (Phi) is 14.4. The van der Waals surface area contributed by atoms with Crippen molar-refractivity contribution in [3.63, 3.8) is 0 Å². The van der Waals surface area contributed by atoms with E-state index in [2.05, 4.69) is 18.3 Å². The van der Waals surface area contributed by atoms with E-state index in [4.69, 9.17) is 16.3 Å². The third kappa shape index (κ3) is 11.1. The van der Waals surface area contributed by atoms with E-state index in [1.807, 2.05) is 6.08 Å². The molecule has 1 aliphatic carbocycles. The fourth-order valence-electron chi connectivity index (χ4n) is 3.46. The van der Waals surface area contributed by atoms with E-state index >= 15 is 0 Å². The van der Waals surface area contributed by atoms with Gasteiger partial charge < -0.3 is 15.2 Å². The van der Waals surface area contributed by atoms with Crippen molar-refractivity contribution in [3.8, 4) is 0 Å². The van der Waals surface area contributed by atoms with Crippen molar-refractivity contribution in [2.45, 2.75) is 89.8 Å². The molecule has 2 N–H and O–H groups in total. The van der Waals surface area contributed by atoms with Crippen molar-refractivity contribution in [3.05, 3.63) is 34.9 Å². The van der Waals surface area contributed by atoms with Crippen LogP contribution in [-0.4, -0.2) is 42.7 Å². The fourth-order valence-corrected chi connectivity index (χ4v) is 3.69. The molecule has 0 aromatic heterocycles. The molecule has 0 saturated carbocycles. The van der Waals surface area contributed by atoms with Crippen molar-refractivity contribution < 1.29 is 19.4 Å². The Bertz CT molecular complexity index is 612. The molecule has 0 aromatic rings. The number of ketones is 1. The molecule has 0 bridgehead atoms. The second kappa shape index (κ2) is 16.3. The number of halogens is 1. The van der Waals surface area contributed by atoms with Crippen molar-refractivity contribution >= 4 is 23.3 Å². The molecule has 2 atom stereocenters. The average molecular weight is 440 g/mol. The smallest absolute Gasteiger partial charge is 0.220 e. The lowest BCUT2D eigenvalue weighted by Crippen LogP contribution is -2.24. The highest BCUT2D eigenvalue weighted by molar-refractivity contribution is 6.26. The zero-order valence-corrected chi connectivity index (χ0v) is 19.3. The van der Waals surface area contributed by atoms with E-state index in [0.717, 1.165) is 12.8 Å². The van der Waals surface area contributed by atoms with Crippen LogP contribution in [0.4, 0.5) is 0 Å². The Hall–Kier alpha value is -1.43. The van der Waals surface area contributed by atoms with Gasteiger partial charge in [-0.1, -0.05) is 62.8 Å². The van der Waals surface area contributed by atoms with Crippen LogP contribution in [0.25, 0.3) is 0 Å². The highest BCUT2D eigenvalue weighted by atomic mass is 35.5. The summed E-state index contributed by atoms with van der Waals surface area (Å²) in [5.41, 5.74) is 2.38. The number of rotatable bonds is 15. The van der Waals surface area contributed by atoms with Crippen molar-refractivity contribution in [2.24, 2.45) is 0 Å². The standard InChI is InChI=1S/C24H38ClNO4/c1-3-4-5-6-7-10-21(30-2)11-8-9-16-26-24(29)15-12-19(18-25)22-17-20(27)13-14-23(22)28/h8-9,17-18,20-21,27H,3-7,10-16H2,1-2H3,(H,26,29). The molecule has 0 aromatic carbocycles. The van der Waals surface area contributed by atoms with Gasteiger partial charge in [0.05, 0.1) is 12.2 Å².